The molecule has 1 N–H and O–H groups in total. The minimum Gasteiger partial charge on any atom is -0.461 e. The molecule has 0 fully saturated rings. The van der Waals surface area contributed by atoms with Gasteiger partial charge in [-0.25, -0.2) is 4.79 Å². The normalized spacial score (nSPS) is 10.6. The summed E-state index contributed by atoms with van der Waals surface area (Å²) in [6, 6.07) is 6.72. The second kappa shape index (κ2) is 9.21. The Morgan fingerprint density at radius 1 is 1.17 bits per heavy atom. The van der Waals surface area contributed by atoms with Crippen LogP contribution in [0.25, 0.3) is 0 Å². The van der Waals surface area contributed by atoms with Gasteiger partial charge < -0.3 is 19.0 Å². The maximum absolute atomic E-state index is 13.1. The molecule has 0 saturated carbocycles. The van der Waals surface area contributed by atoms with Gasteiger partial charge >= 0.3 is 5.97 Å². The van der Waals surface area contributed by atoms with Crippen molar-refractivity contribution >= 4 is 17.7 Å². The number of hydrogen-bond acceptors (Lipinski definition) is 6. The summed E-state index contributed by atoms with van der Waals surface area (Å²) in [4.78, 5) is 46.5. The molecule has 156 valence electrons. The average molecular weight is 409 g/mol. The van der Waals surface area contributed by atoms with Gasteiger partial charge in [-0.05, 0) is 56.2 Å². The summed E-state index contributed by atoms with van der Waals surface area (Å²) in [5.41, 5.74) is 2.51. The molecule has 8 heteroatoms. The van der Waals surface area contributed by atoms with Gasteiger partial charge in [0.15, 0.2) is 11.5 Å². The van der Waals surface area contributed by atoms with E-state index in [0.717, 1.165) is 5.56 Å². The lowest BCUT2D eigenvalue weighted by atomic mass is 10.0. The van der Waals surface area contributed by atoms with Crippen molar-refractivity contribution in [2.24, 2.45) is 0 Å². The molecule has 1 amide bonds. The van der Waals surface area contributed by atoms with Crippen molar-refractivity contribution in [1.82, 2.24) is 14.9 Å². The Hall–Kier alpha value is -3.68. The third kappa shape index (κ3) is 4.48. The molecule has 3 rings (SSSR count). The number of aryl methyl sites for hydroxylation is 1. The van der Waals surface area contributed by atoms with Crippen LogP contribution in [-0.2, 0) is 11.3 Å². The zero-order valence-corrected chi connectivity index (χ0v) is 17.1. The van der Waals surface area contributed by atoms with Crippen LogP contribution in [0.4, 0.5) is 0 Å². The van der Waals surface area contributed by atoms with E-state index in [1.807, 2.05) is 0 Å². The molecule has 0 atom stereocenters. The van der Waals surface area contributed by atoms with E-state index in [1.54, 1.807) is 57.4 Å². The minimum atomic E-state index is -0.516. The summed E-state index contributed by atoms with van der Waals surface area (Å²) in [6.07, 6.45) is 4.66. The number of rotatable bonds is 8. The Morgan fingerprint density at radius 2 is 1.90 bits per heavy atom. The van der Waals surface area contributed by atoms with Gasteiger partial charge in [0.25, 0.3) is 5.91 Å². The Labute approximate surface area is 173 Å². The zero-order valence-electron chi connectivity index (χ0n) is 17.1. The van der Waals surface area contributed by atoms with Crippen molar-refractivity contribution in [2.75, 3.05) is 13.2 Å². The number of carbonyl (C=O) groups is 3. The SMILES string of the molecule is CCOC(=O)c1[nH]c(C)c(C(=O)CN(Cc2ccncc2)C(=O)c2ccco2)c1C. The first-order valence-electron chi connectivity index (χ1n) is 9.53. The van der Waals surface area contributed by atoms with Gasteiger partial charge in [-0.3, -0.25) is 14.6 Å². The molecule has 3 heterocycles. The molecule has 30 heavy (non-hydrogen) atoms. The van der Waals surface area contributed by atoms with E-state index < -0.39 is 11.9 Å². The molecule has 8 nitrogen and oxygen atoms in total. The van der Waals surface area contributed by atoms with Crippen molar-refractivity contribution in [1.29, 1.82) is 0 Å². The van der Waals surface area contributed by atoms with Crippen LogP contribution < -0.4 is 0 Å². The number of nitrogens with one attached hydrogen (secondary N) is 1. The van der Waals surface area contributed by atoms with Crippen molar-refractivity contribution in [2.45, 2.75) is 27.3 Å². The highest BCUT2D eigenvalue weighted by Gasteiger charge is 2.27. The molecular formula is C22H23N3O5. The summed E-state index contributed by atoms with van der Waals surface area (Å²) in [5.74, 6) is -1.06. The van der Waals surface area contributed by atoms with E-state index in [1.165, 1.54) is 11.2 Å². The first kappa shape index (κ1) is 21.0. The Bertz CT molecular complexity index is 1040. The van der Waals surface area contributed by atoms with Crippen LogP contribution in [0.15, 0.2) is 47.3 Å². The number of Topliss-reactive ketones (excluding diaryl/α,β-unsaturated/α-hetero) is 1. The van der Waals surface area contributed by atoms with E-state index in [4.69, 9.17) is 9.15 Å². The molecule has 3 aromatic rings. The van der Waals surface area contributed by atoms with E-state index in [9.17, 15) is 14.4 Å². The first-order valence-corrected chi connectivity index (χ1v) is 9.53. The third-order valence-electron chi connectivity index (χ3n) is 4.67. The number of amides is 1. The number of aromatic nitrogens is 2. The summed E-state index contributed by atoms with van der Waals surface area (Å²) in [6.45, 7) is 5.38. The van der Waals surface area contributed by atoms with Crippen LogP contribution in [0, 0.1) is 13.8 Å². The van der Waals surface area contributed by atoms with Crippen LogP contribution in [0.5, 0.6) is 0 Å². The number of nitrogens with zero attached hydrogens (tertiary/aromatic N) is 2. The molecule has 0 radical (unpaired) electrons. The van der Waals surface area contributed by atoms with Crippen LogP contribution in [0.3, 0.4) is 0 Å². The predicted molar refractivity (Wildman–Crippen MR) is 108 cm³/mol. The zero-order chi connectivity index (χ0) is 21.7. The topological polar surface area (TPSA) is 106 Å². The maximum Gasteiger partial charge on any atom is 0.355 e. The van der Waals surface area contributed by atoms with E-state index in [2.05, 4.69) is 9.97 Å². The van der Waals surface area contributed by atoms with E-state index in [-0.39, 0.29) is 36.9 Å². The lowest BCUT2D eigenvalue weighted by molar-refractivity contribution is 0.0519. The monoisotopic (exact) mass is 409 g/mol. The van der Waals surface area contributed by atoms with Gasteiger partial charge in [0.2, 0.25) is 0 Å². The molecule has 0 aliphatic rings. The number of esters is 1. The number of aromatic amines is 1. The number of ether oxygens (including phenoxy) is 1. The van der Waals surface area contributed by atoms with Gasteiger partial charge in [-0.1, -0.05) is 0 Å². The predicted octanol–water partition coefficient (Wildman–Crippen LogP) is 3.32. The smallest absolute Gasteiger partial charge is 0.355 e. The van der Waals surface area contributed by atoms with Crippen LogP contribution in [0.1, 0.15) is 55.1 Å². The molecule has 0 spiro atoms. The van der Waals surface area contributed by atoms with Crippen molar-refractivity contribution in [3.05, 3.63) is 76.8 Å². The highest BCUT2D eigenvalue weighted by molar-refractivity contribution is 6.05. The summed E-state index contributed by atoms with van der Waals surface area (Å²) in [5, 5.41) is 0. The summed E-state index contributed by atoms with van der Waals surface area (Å²) >= 11 is 0. The average Bonchev–Trinajstić information content (AvgIpc) is 3.36. The molecule has 0 aliphatic carbocycles. The lowest BCUT2D eigenvalue weighted by Gasteiger charge is -2.21. The fraction of sp³-hybridized carbons (Fsp3) is 0.273. The maximum atomic E-state index is 13.1. The third-order valence-corrected chi connectivity index (χ3v) is 4.67. The molecule has 0 unspecified atom stereocenters. The first-order chi connectivity index (χ1) is 14.4. The fourth-order valence-electron chi connectivity index (χ4n) is 3.29. The van der Waals surface area contributed by atoms with Crippen LogP contribution in [0.2, 0.25) is 0 Å². The van der Waals surface area contributed by atoms with E-state index >= 15 is 0 Å². The van der Waals surface area contributed by atoms with E-state index in [0.29, 0.717) is 16.8 Å². The second-order valence-electron chi connectivity index (χ2n) is 6.76. The number of carbonyl (C=O) groups excluding carboxylic acids is 3. The number of H-pyrrole nitrogens is 1. The highest BCUT2D eigenvalue weighted by atomic mass is 16.5. The quantitative estimate of drug-likeness (QED) is 0.452. The molecule has 0 aliphatic heterocycles. The van der Waals surface area contributed by atoms with Crippen molar-refractivity contribution < 1.29 is 23.5 Å². The molecule has 0 aromatic carbocycles. The molecular weight excluding hydrogens is 386 g/mol. The number of pyridine rings is 1. The minimum absolute atomic E-state index is 0.145. The summed E-state index contributed by atoms with van der Waals surface area (Å²) < 4.78 is 10.3. The van der Waals surface area contributed by atoms with Gasteiger partial charge in [-0.15, -0.1) is 0 Å². The Balaban J connectivity index is 1.88. The van der Waals surface area contributed by atoms with Gasteiger partial charge in [0.1, 0.15) is 5.69 Å². The molecule has 3 aromatic heterocycles. The largest absolute Gasteiger partial charge is 0.461 e. The fourth-order valence-corrected chi connectivity index (χ4v) is 3.29. The number of furan rings is 1. The van der Waals surface area contributed by atoms with Gasteiger partial charge in [-0.2, -0.15) is 0 Å². The molecule has 0 bridgehead atoms. The Kier molecular flexibility index (Phi) is 6.46. The van der Waals surface area contributed by atoms with Gasteiger partial charge in [0, 0.05) is 30.2 Å². The van der Waals surface area contributed by atoms with Gasteiger partial charge in [0.05, 0.1) is 19.4 Å². The van der Waals surface area contributed by atoms with Crippen LogP contribution >= 0.6 is 0 Å². The lowest BCUT2D eigenvalue weighted by Crippen LogP contribution is -2.35. The second-order valence-corrected chi connectivity index (χ2v) is 6.76. The molecule has 0 saturated heterocycles. The van der Waals surface area contributed by atoms with Crippen molar-refractivity contribution in [3.63, 3.8) is 0 Å². The Morgan fingerprint density at radius 3 is 2.53 bits per heavy atom. The number of hydrogen-bond donors (Lipinski definition) is 1. The highest BCUT2D eigenvalue weighted by Crippen LogP contribution is 2.21. The summed E-state index contributed by atoms with van der Waals surface area (Å²) in [7, 11) is 0. The standard InChI is InChI=1S/C22H23N3O5/c1-4-29-22(28)20-14(2)19(15(3)24-20)17(26)13-25(12-16-7-9-23-10-8-16)21(27)18-6-5-11-30-18/h5-11,24H,4,12-13H2,1-3H3. The number of ketones is 1. The van der Waals surface area contributed by atoms with Crippen molar-refractivity contribution in [3.8, 4) is 0 Å². The van der Waals surface area contributed by atoms with Crippen LogP contribution in [-0.4, -0.2) is 45.7 Å².